The van der Waals surface area contributed by atoms with Gasteiger partial charge in [0.25, 0.3) is 0 Å². The van der Waals surface area contributed by atoms with Gasteiger partial charge < -0.3 is 25.8 Å². The van der Waals surface area contributed by atoms with Gasteiger partial charge in [0.15, 0.2) is 5.13 Å². The minimum Gasteiger partial charge on any atom is -0.378 e. The number of urea groups is 1. The zero-order valence-electron chi connectivity index (χ0n) is 24.7. The molecule has 3 N–H and O–H groups in total. The fourth-order valence-electron chi connectivity index (χ4n) is 5.71. The second-order valence-electron chi connectivity index (χ2n) is 11.0. The molecule has 4 amide bonds. The number of benzene rings is 2. The Balaban J connectivity index is 1.49. The molecular weight excluding hydrogens is 566 g/mol. The van der Waals surface area contributed by atoms with Crippen molar-refractivity contribution in [3.8, 4) is 6.07 Å². The minimum absolute atomic E-state index is 0.108. The van der Waals surface area contributed by atoms with Crippen molar-refractivity contribution >= 4 is 50.2 Å². The SMILES string of the molecule is CCCCNC(=O)N(CC#N)N1CC(=O)N2[C@@H](Cc3ccc(N(C)C)cc3)C(=O)N(Cc3cccc4sc(N)nc34)C[C@@H]21. The molecule has 2 aliphatic rings. The van der Waals surface area contributed by atoms with Crippen LogP contribution in [-0.2, 0) is 22.6 Å². The molecule has 3 heterocycles. The van der Waals surface area contributed by atoms with Gasteiger partial charge in [-0.2, -0.15) is 10.3 Å². The molecule has 0 bridgehead atoms. The second kappa shape index (κ2) is 12.8. The molecule has 5 rings (SSSR count). The van der Waals surface area contributed by atoms with Gasteiger partial charge in [-0.15, -0.1) is 0 Å². The van der Waals surface area contributed by atoms with Gasteiger partial charge in [0, 0.05) is 39.3 Å². The molecule has 13 heteroatoms. The van der Waals surface area contributed by atoms with Gasteiger partial charge in [0.2, 0.25) is 11.8 Å². The number of amides is 4. The van der Waals surface area contributed by atoms with Crippen LogP contribution in [0.4, 0.5) is 15.6 Å². The minimum atomic E-state index is -0.784. The van der Waals surface area contributed by atoms with Gasteiger partial charge in [-0.3, -0.25) is 9.59 Å². The average Bonchev–Trinajstić information content (AvgIpc) is 3.53. The number of hydrogen-bond acceptors (Lipinski definition) is 9. The second-order valence-corrected chi connectivity index (χ2v) is 12.1. The normalized spacial score (nSPS) is 18.6. The van der Waals surface area contributed by atoms with E-state index in [1.54, 1.807) is 14.8 Å². The topological polar surface area (TPSA) is 142 Å². The number of carbonyl (C=O) groups excluding carboxylic acids is 3. The van der Waals surface area contributed by atoms with Gasteiger partial charge >= 0.3 is 6.03 Å². The van der Waals surface area contributed by atoms with Crippen LogP contribution in [0.3, 0.4) is 0 Å². The van der Waals surface area contributed by atoms with Crippen LogP contribution in [0.15, 0.2) is 42.5 Å². The maximum atomic E-state index is 14.2. The number of anilines is 2. The van der Waals surface area contributed by atoms with Crippen LogP contribution in [0.2, 0.25) is 0 Å². The molecule has 226 valence electrons. The number of hydrogen-bond donors (Lipinski definition) is 2. The van der Waals surface area contributed by atoms with E-state index in [9.17, 15) is 19.6 Å². The van der Waals surface area contributed by atoms with E-state index >= 15 is 0 Å². The molecule has 43 heavy (non-hydrogen) atoms. The van der Waals surface area contributed by atoms with Crippen LogP contribution in [0.5, 0.6) is 0 Å². The van der Waals surface area contributed by atoms with Gasteiger partial charge in [-0.25, -0.2) is 14.8 Å². The van der Waals surface area contributed by atoms with Crippen molar-refractivity contribution in [3.05, 3.63) is 53.6 Å². The molecule has 0 spiro atoms. The number of unbranched alkanes of at least 4 members (excludes halogenated alkanes) is 1. The van der Waals surface area contributed by atoms with Gasteiger partial charge in [0.05, 0.1) is 29.4 Å². The predicted octanol–water partition coefficient (Wildman–Crippen LogP) is 2.62. The molecule has 2 aliphatic heterocycles. The number of nitrogens with two attached hydrogens (primary N) is 1. The zero-order chi connectivity index (χ0) is 30.7. The van der Waals surface area contributed by atoms with Crippen molar-refractivity contribution in [1.82, 2.24) is 30.1 Å². The van der Waals surface area contributed by atoms with Crippen LogP contribution < -0.4 is 16.0 Å². The Labute approximate surface area is 255 Å². The Hall–Kier alpha value is -4.41. The fraction of sp³-hybridized carbons (Fsp3) is 0.433. The molecule has 0 radical (unpaired) electrons. The quantitative estimate of drug-likeness (QED) is 0.266. The Morgan fingerprint density at radius 3 is 2.67 bits per heavy atom. The lowest BCUT2D eigenvalue weighted by atomic mass is 9.99. The van der Waals surface area contributed by atoms with Crippen molar-refractivity contribution in [2.24, 2.45) is 0 Å². The summed E-state index contributed by atoms with van der Waals surface area (Å²) in [7, 11) is 3.92. The lowest BCUT2D eigenvalue weighted by Gasteiger charge is -2.46. The molecule has 0 unspecified atom stereocenters. The van der Waals surface area contributed by atoms with E-state index in [-0.39, 0.29) is 38.0 Å². The highest BCUT2D eigenvalue weighted by molar-refractivity contribution is 7.22. The van der Waals surface area contributed by atoms with Gasteiger partial charge in [-0.05, 0) is 35.7 Å². The number of fused-ring (bicyclic) bond motifs is 2. The Bertz CT molecular complexity index is 1530. The first-order chi connectivity index (χ1) is 20.7. The smallest absolute Gasteiger partial charge is 0.333 e. The Kier molecular flexibility index (Phi) is 8.98. The first-order valence-corrected chi connectivity index (χ1v) is 15.2. The highest BCUT2D eigenvalue weighted by Gasteiger charge is 2.52. The van der Waals surface area contributed by atoms with E-state index in [2.05, 4.69) is 16.4 Å². The monoisotopic (exact) mass is 603 g/mol. The van der Waals surface area contributed by atoms with Crippen LogP contribution in [0.25, 0.3) is 10.2 Å². The van der Waals surface area contributed by atoms with Crippen molar-refractivity contribution in [2.75, 3.05) is 50.9 Å². The summed E-state index contributed by atoms with van der Waals surface area (Å²) in [4.78, 5) is 50.8. The van der Waals surface area contributed by atoms with Crippen LogP contribution >= 0.6 is 11.3 Å². The van der Waals surface area contributed by atoms with E-state index in [1.807, 2.05) is 68.4 Å². The summed E-state index contributed by atoms with van der Waals surface area (Å²) in [5, 5.41) is 15.9. The Morgan fingerprint density at radius 2 is 1.98 bits per heavy atom. The number of aromatic nitrogens is 1. The van der Waals surface area contributed by atoms with Crippen molar-refractivity contribution in [3.63, 3.8) is 0 Å². The number of nitrogen functional groups attached to an aromatic ring is 1. The standard InChI is InChI=1S/C30H37N9O3S/c1-4-5-14-33-30(42)37(15-13-31)38-19-26(40)39-23(16-20-9-11-22(12-10-20)35(2)3)28(41)36(18-25(38)39)17-21-7-6-8-24-27(21)34-29(32)43-24/h6-12,23,25H,4-5,14-19H2,1-3H3,(H2,32,34)(H,33,42)/t23-,25+/m0/s1. The predicted molar refractivity (Wildman–Crippen MR) is 166 cm³/mol. The number of nitrogens with zero attached hydrogens (tertiary/aromatic N) is 7. The number of para-hydroxylation sites is 1. The molecular formula is C30H37N9O3S. The van der Waals surface area contributed by atoms with Gasteiger partial charge in [0.1, 0.15) is 18.8 Å². The number of rotatable bonds is 10. The molecule has 2 saturated heterocycles. The van der Waals surface area contributed by atoms with E-state index in [0.717, 1.165) is 39.9 Å². The third kappa shape index (κ3) is 6.21. The summed E-state index contributed by atoms with van der Waals surface area (Å²) in [6.45, 7) is 2.59. The van der Waals surface area contributed by atoms with Crippen LogP contribution in [0.1, 0.15) is 30.9 Å². The number of carbonyl (C=O) groups is 3. The van der Waals surface area contributed by atoms with E-state index in [4.69, 9.17) is 5.73 Å². The maximum Gasteiger partial charge on any atom is 0.333 e. The number of nitrogens with one attached hydrogen (secondary N) is 1. The van der Waals surface area contributed by atoms with Crippen molar-refractivity contribution < 1.29 is 14.4 Å². The third-order valence-corrected chi connectivity index (χ3v) is 8.75. The van der Waals surface area contributed by atoms with Crippen LogP contribution in [0, 0.1) is 11.3 Å². The summed E-state index contributed by atoms with van der Waals surface area (Å²) in [5.74, 6) is -0.436. The third-order valence-electron chi connectivity index (χ3n) is 7.90. The lowest BCUT2D eigenvalue weighted by Crippen LogP contribution is -2.66. The number of piperazine rings is 1. The molecule has 1 aromatic heterocycles. The number of hydrazine groups is 1. The van der Waals surface area contributed by atoms with E-state index < -0.39 is 18.2 Å². The average molecular weight is 604 g/mol. The van der Waals surface area contributed by atoms with Crippen molar-refractivity contribution in [2.45, 2.75) is 44.9 Å². The molecule has 2 aromatic carbocycles. The first-order valence-electron chi connectivity index (χ1n) is 14.4. The molecule has 2 fully saturated rings. The lowest BCUT2D eigenvalue weighted by molar-refractivity contribution is -0.157. The zero-order valence-corrected chi connectivity index (χ0v) is 25.5. The molecule has 0 saturated carbocycles. The molecule has 12 nitrogen and oxygen atoms in total. The number of thiazole rings is 1. The highest BCUT2D eigenvalue weighted by atomic mass is 32.1. The molecule has 3 aromatic rings. The van der Waals surface area contributed by atoms with Crippen LogP contribution in [-0.4, -0.2) is 95.1 Å². The summed E-state index contributed by atoms with van der Waals surface area (Å²) in [5.41, 5.74) is 9.53. The van der Waals surface area contributed by atoms with E-state index in [0.29, 0.717) is 18.1 Å². The summed E-state index contributed by atoms with van der Waals surface area (Å²) in [6.07, 6.45) is 1.39. The number of nitriles is 1. The van der Waals surface area contributed by atoms with E-state index in [1.165, 1.54) is 16.3 Å². The molecule has 0 aliphatic carbocycles. The summed E-state index contributed by atoms with van der Waals surface area (Å²) < 4.78 is 0.931. The van der Waals surface area contributed by atoms with Crippen molar-refractivity contribution in [1.29, 1.82) is 5.26 Å². The Morgan fingerprint density at radius 1 is 1.21 bits per heavy atom. The van der Waals surface area contributed by atoms with Gasteiger partial charge in [-0.1, -0.05) is 48.9 Å². The summed E-state index contributed by atoms with van der Waals surface area (Å²) in [6, 6.07) is 14.5. The summed E-state index contributed by atoms with van der Waals surface area (Å²) >= 11 is 1.39. The first kappa shape index (κ1) is 30.1. The highest BCUT2D eigenvalue weighted by Crippen LogP contribution is 2.32. The maximum absolute atomic E-state index is 14.2. The fourth-order valence-corrected chi connectivity index (χ4v) is 6.49. The molecule has 2 atom stereocenters. The largest absolute Gasteiger partial charge is 0.378 e.